The highest BCUT2D eigenvalue weighted by molar-refractivity contribution is 5.68. The number of carbonyl (C=O) groups is 2. The third kappa shape index (κ3) is 5.76. The monoisotopic (exact) mass is 335 g/mol. The van der Waals surface area contributed by atoms with Gasteiger partial charge in [-0.15, -0.1) is 0 Å². The van der Waals surface area contributed by atoms with E-state index in [-0.39, 0.29) is 24.2 Å². The largest absolute Gasteiger partial charge is 0.514 e. The van der Waals surface area contributed by atoms with Crippen molar-refractivity contribution in [3.05, 3.63) is 29.8 Å². The predicted octanol–water partition coefficient (Wildman–Crippen LogP) is 3.99. The number of amides is 1. The highest BCUT2D eigenvalue weighted by atomic mass is 16.7. The summed E-state index contributed by atoms with van der Waals surface area (Å²) in [4.78, 5) is 23.2. The van der Waals surface area contributed by atoms with E-state index < -0.39 is 11.8 Å². The average Bonchev–Trinajstić information content (AvgIpc) is 3.15. The van der Waals surface area contributed by atoms with E-state index in [0.717, 1.165) is 12.0 Å². The van der Waals surface area contributed by atoms with Gasteiger partial charge in [0.25, 0.3) is 0 Å². The molecule has 24 heavy (non-hydrogen) atoms. The van der Waals surface area contributed by atoms with Crippen LogP contribution in [0.1, 0.15) is 52.5 Å². The lowest BCUT2D eigenvalue weighted by atomic mass is 10.1. The van der Waals surface area contributed by atoms with Gasteiger partial charge in [-0.1, -0.05) is 12.1 Å². The van der Waals surface area contributed by atoms with Crippen LogP contribution in [0.2, 0.25) is 0 Å². The van der Waals surface area contributed by atoms with Crippen LogP contribution in [-0.4, -0.2) is 30.0 Å². The minimum Gasteiger partial charge on any atom is -0.447 e. The molecule has 132 valence electrons. The van der Waals surface area contributed by atoms with Crippen LogP contribution in [0, 0.1) is 0 Å². The number of ether oxygens (including phenoxy) is 3. The van der Waals surface area contributed by atoms with Crippen molar-refractivity contribution in [3.63, 3.8) is 0 Å². The zero-order chi connectivity index (χ0) is 17.9. The smallest absolute Gasteiger partial charge is 0.447 e. The average molecular weight is 335 g/mol. The van der Waals surface area contributed by atoms with Crippen molar-refractivity contribution >= 4 is 12.2 Å². The molecule has 0 bridgehead atoms. The summed E-state index contributed by atoms with van der Waals surface area (Å²) in [5, 5.41) is 2.84. The van der Waals surface area contributed by atoms with Gasteiger partial charge in [0, 0.05) is 12.0 Å². The Balaban J connectivity index is 1.83. The molecule has 1 aromatic rings. The molecule has 0 unspecified atom stereocenters. The molecule has 1 aliphatic rings. The van der Waals surface area contributed by atoms with Gasteiger partial charge in [0.2, 0.25) is 0 Å². The molecule has 0 heterocycles. The maximum atomic E-state index is 11.6. The van der Waals surface area contributed by atoms with Crippen LogP contribution in [0.4, 0.5) is 9.59 Å². The Labute approximate surface area is 142 Å². The lowest BCUT2D eigenvalue weighted by molar-refractivity contribution is 0.0206. The van der Waals surface area contributed by atoms with Gasteiger partial charge in [-0.2, -0.15) is 0 Å². The van der Waals surface area contributed by atoms with E-state index in [1.54, 1.807) is 32.9 Å². The lowest BCUT2D eigenvalue weighted by Gasteiger charge is -2.18. The second kappa shape index (κ2) is 7.11. The summed E-state index contributed by atoms with van der Waals surface area (Å²) in [6.07, 6.45) is -0.370. The van der Waals surface area contributed by atoms with Crippen LogP contribution in [0.25, 0.3) is 0 Å². The third-order valence-electron chi connectivity index (χ3n) is 3.34. The first-order valence-corrected chi connectivity index (χ1v) is 8.12. The van der Waals surface area contributed by atoms with E-state index in [1.165, 1.54) is 0 Å². The molecule has 0 aliphatic heterocycles. The number of hydrogen-bond donors (Lipinski definition) is 1. The molecule has 1 fully saturated rings. The Kier molecular flexibility index (Phi) is 5.36. The molecule has 1 amide bonds. The van der Waals surface area contributed by atoms with Gasteiger partial charge in [0.15, 0.2) is 0 Å². The first kappa shape index (κ1) is 18.1. The van der Waals surface area contributed by atoms with Crippen LogP contribution in [0.15, 0.2) is 24.3 Å². The van der Waals surface area contributed by atoms with Crippen molar-refractivity contribution in [2.24, 2.45) is 0 Å². The van der Waals surface area contributed by atoms with Gasteiger partial charge in [-0.25, -0.2) is 9.59 Å². The van der Waals surface area contributed by atoms with Gasteiger partial charge >= 0.3 is 12.2 Å². The topological polar surface area (TPSA) is 73.9 Å². The summed E-state index contributed by atoms with van der Waals surface area (Å²) in [6.45, 7) is 8.96. The van der Waals surface area contributed by atoms with Crippen molar-refractivity contribution in [3.8, 4) is 5.75 Å². The fraction of sp³-hybridized carbons (Fsp3) is 0.556. The fourth-order valence-corrected chi connectivity index (χ4v) is 2.27. The zero-order valence-electron chi connectivity index (χ0n) is 14.8. The van der Waals surface area contributed by atoms with Crippen LogP contribution in [-0.2, 0) is 9.47 Å². The highest BCUT2D eigenvalue weighted by Crippen LogP contribution is 2.41. The number of alkyl carbamates (subject to hydrolysis) is 1. The number of hydrogen-bond acceptors (Lipinski definition) is 5. The quantitative estimate of drug-likeness (QED) is 0.665. The Morgan fingerprint density at radius 1 is 1.17 bits per heavy atom. The Hall–Kier alpha value is -2.24. The van der Waals surface area contributed by atoms with E-state index in [0.29, 0.717) is 5.75 Å². The first-order chi connectivity index (χ1) is 11.1. The summed E-state index contributed by atoms with van der Waals surface area (Å²) in [6, 6.07) is 7.32. The van der Waals surface area contributed by atoms with Crippen LogP contribution >= 0.6 is 0 Å². The molecule has 0 spiro atoms. The number of rotatable bonds is 4. The summed E-state index contributed by atoms with van der Waals surface area (Å²) >= 11 is 0. The lowest BCUT2D eigenvalue weighted by Crippen LogP contribution is -2.29. The summed E-state index contributed by atoms with van der Waals surface area (Å²) in [7, 11) is 0. The van der Waals surface area contributed by atoms with Gasteiger partial charge in [-0.3, -0.25) is 0 Å². The van der Waals surface area contributed by atoms with Gasteiger partial charge in [0.1, 0.15) is 11.4 Å². The van der Waals surface area contributed by atoms with Crippen LogP contribution < -0.4 is 10.1 Å². The second-order valence-electron chi connectivity index (χ2n) is 7.18. The van der Waals surface area contributed by atoms with E-state index >= 15 is 0 Å². The standard InChI is InChI=1S/C18H25NO5/c1-11(2)22-16(20)19-15-10-14(15)12-6-8-13(9-7-12)23-17(21)24-18(3,4)5/h6-9,11,14-15H,10H2,1-5H3,(H,19,20)/t14-,15+/m0/s1. The minimum atomic E-state index is -0.724. The van der Waals surface area contributed by atoms with E-state index in [1.807, 2.05) is 26.0 Å². The van der Waals surface area contributed by atoms with Crippen molar-refractivity contribution in [1.82, 2.24) is 5.32 Å². The van der Waals surface area contributed by atoms with Gasteiger partial charge < -0.3 is 19.5 Å². The van der Waals surface area contributed by atoms with E-state index in [2.05, 4.69) is 5.32 Å². The Bertz CT molecular complexity index is 588. The van der Waals surface area contributed by atoms with Crippen LogP contribution in [0.3, 0.4) is 0 Å². The fourth-order valence-electron chi connectivity index (χ4n) is 2.27. The molecule has 1 aliphatic carbocycles. The summed E-state index contributed by atoms with van der Waals surface area (Å²) in [5.74, 6) is 0.692. The number of carbonyl (C=O) groups excluding carboxylic acids is 2. The highest BCUT2D eigenvalue weighted by Gasteiger charge is 2.40. The second-order valence-corrected chi connectivity index (χ2v) is 7.18. The molecule has 2 rings (SSSR count). The molecule has 6 nitrogen and oxygen atoms in total. The molecular weight excluding hydrogens is 310 g/mol. The molecule has 1 N–H and O–H groups in total. The maximum absolute atomic E-state index is 11.6. The molecule has 6 heteroatoms. The van der Waals surface area contributed by atoms with Crippen molar-refractivity contribution in [2.75, 3.05) is 0 Å². The summed E-state index contributed by atoms with van der Waals surface area (Å²) < 4.78 is 15.3. The zero-order valence-corrected chi connectivity index (χ0v) is 14.8. The third-order valence-corrected chi connectivity index (χ3v) is 3.34. The molecule has 1 saturated carbocycles. The molecule has 0 radical (unpaired) electrons. The maximum Gasteiger partial charge on any atom is 0.514 e. The number of nitrogens with one attached hydrogen (secondary N) is 1. The van der Waals surface area contributed by atoms with Gasteiger partial charge in [0.05, 0.1) is 6.10 Å². The molecule has 2 atom stereocenters. The van der Waals surface area contributed by atoms with Crippen molar-refractivity contribution in [1.29, 1.82) is 0 Å². The Morgan fingerprint density at radius 3 is 2.33 bits per heavy atom. The Morgan fingerprint density at radius 2 is 1.79 bits per heavy atom. The normalized spacial score (nSPS) is 19.6. The van der Waals surface area contributed by atoms with Crippen LogP contribution in [0.5, 0.6) is 5.75 Å². The summed E-state index contributed by atoms with van der Waals surface area (Å²) in [5.41, 5.74) is 0.496. The molecule has 1 aromatic carbocycles. The van der Waals surface area contributed by atoms with Crippen molar-refractivity contribution < 1.29 is 23.8 Å². The van der Waals surface area contributed by atoms with Gasteiger partial charge in [-0.05, 0) is 58.7 Å². The van der Waals surface area contributed by atoms with E-state index in [4.69, 9.17) is 14.2 Å². The first-order valence-electron chi connectivity index (χ1n) is 8.12. The molecular formula is C18H25NO5. The SMILES string of the molecule is CC(C)OC(=O)N[C@@H]1C[C@H]1c1ccc(OC(=O)OC(C)(C)C)cc1. The predicted molar refractivity (Wildman–Crippen MR) is 89.2 cm³/mol. The van der Waals surface area contributed by atoms with E-state index in [9.17, 15) is 9.59 Å². The molecule has 0 aromatic heterocycles. The van der Waals surface area contributed by atoms with Crippen molar-refractivity contribution in [2.45, 2.75) is 64.7 Å². The minimum absolute atomic E-state index is 0.0916. The molecule has 0 saturated heterocycles. The number of benzene rings is 1.